The van der Waals surface area contributed by atoms with Crippen LogP contribution in [0.3, 0.4) is 0 Å². The fourth-order valence-electron chi connectivity index (χ4n) is 2.93. The first kappa shape index (κ1) is 22.0. The molecule has 0 fully saturated rings. The molecule has 1 amide bonds. The number of anilines is 2. The van der Waals surface area contributed by atoms with Gasteiger partial charge in [0.25, 0.3) is 0 Å². The lowest BCUT2D eigenvalue weighted by atomic mass is 10.1. The summed E-state index contributed by atoms with van der Waals surface area (Å²) in [7, 11) is 1.42. The van der Waals surface area contributed by atoms with Gasteiger partial charge in [0.1, 0.15) is 0 Å². The molecule has 0 atom stereocenters. The van der Waals surface area contributed by atoms with Crippen LogP contribution in [0.4, 0.5) is 11.4 Å². The zero-order valence-corrected chi connectivity index (χ0v) is 16.6. The Hall–Kier alpha value is -2.04. The fourth-order valence-corrected chi connectivity index (χ4v) is 2.93. The summed E-state index contributed by atoms with van der Waals surface area (Å²) >= 11 is 0. The van der Waals surface area contributed by atoms with Crippen LogP contribution in [0.2, 0.25) is 0 Å². The molecule has 0 aliphatic rings. The number of amides is 1. The third-order valence-corrected chi connectivity index (χ3v) is 4.54. The number of nitrogens with one attached hydrogen (secondary N) is 1. The highest BCUT2D eigenvalue weighted by molar-refractivity contribution is 5.90. The van der Waals surface area contributed by atoms with E-state index < -0.39 is 0 Å². The average Bonchev–Trinajstić information content (AvgIpc) is 2.66. The van der Waals surface area contributed by atoms with E-state index in [2.05, 4.69) is 40.9 Å². The summed E-state index contributed by atoms with van der Waals surface area (Å²) < 4.78 is 4.61. The first-order valence-electron chi connectivity index (χ1n) is 9.82. The summed E-state index contributed by atoms with van der Waals surface area (Å²) in [5.41, 5.74) is 2.04. The van der Waals surface area contributed by atoms with E-state index in [9.17, 15) is 9.59 Å². The van der Waals surface area contributed by atoms with E-state index in [1.54, 1.807) is 0 Å². The number of benzene rings is 1. The number of esters is 1. The van der Waals surface area contributed by atoms with Gasteiger partial charge in [-0.3, -0.25) is 9.59 Å². The van der Waals surface area contributed by atoms with Crippen LogP contribution in [0.1, 0.15) is 65.2 Å². The molecule has 0 heterocycles. The van der Waals surface area contributed by atoms with Crippen LogP contribution in [0.15, 0.2) is 24.3 Å². The Morgan fingerprint density at radius 1 is 0.885 bits per heavy atom. The lowest BCUT2D eigenvalue weighted by Gasteiger charge is -2.21. The van der Waals surface area contributed by atoms with Crippen molar-refractivity contribution in [3.8, 4) is 0 Å². The van der Waals surface area contributed by atoms with Gasteiger partial charge >= 0.3 is 5.97 Å². The Morgan fingerprint density at radius 3 is 1.96 bits per heavy atom. The van der Waals surface area contributed by atoms with Gasteiger partial charge < -0.3 is 15.0 Å². The molecule has 146 valence electrons. The Kier molecular flexibility index (Phi) is 11.2. The van der Waals surface area contributed by atoms with Crippen LogP contribution in [0.25, 0.3) is 0 Å². The molecule has 0 aliphatic carbocycles. The van der Waals surface area contributed by atoms with Gasteiger partial charge in [-0.2, -0.15) is 0 Å². The monoisotopic (exact) mass is 362 g/mol. The smallest absolute Gasteiger partial charge is 0.305 e. The van der Waals surface area contributed by atoms with E-state index in [4.69, 9.17) is 0 Å². The minimum Gasteiger partial charge on any atom is -0.469 e. The highest BCUT2D eigenvalue weighted by atomic mass is 16.5. The average molecular weight is 363 g/mol. The van der Waals surface area contributed by atoms with E-state index >= 15 is 0 Å². The molecular formula is C21H34N2O3. The topological polar surface area (TPSA) is 58.6 Å². The molecule has 0 aliphatic heterocycles. The normalized spacial score (nSPS) is 10.4. The number of rotatable bonds is 13. The molecule has 0 saturated carbocycles. The maximum absolute atomic E-state index is 12.0. The predicted octanol–water partition coefficient (Wildman–Crippen LogP) is 4.77. The van der Waals surface area contributed by atoms with Crippen molar-refractivity contribution in [2.45, 2.75) is 65.2 Å². The molecule has 1 aromatic rings. The minimum absolute atomic E-state index is 0.0753. The first-order chi connectivity index (χ1) is 12.6. The highest BCUT2D eigenvalue weighted by Crippen LogP contribution is 2.18. The largest absolute Gasteiger partial charge is 0.469 e. The molecule has 1 aromatic carbocycles. The number of carbonyl (C=O) groups is 2. The molecule has 0 spiro atoms. The standard InChI is InChI=1S/C21H34N2O3/c1-4-23(5-2)19-16-14-18(15-17-19)22-20(24)12-10-8-6-7-9-11-13-21(25)26-3/h14-17H,4-13H2,1-3H3,(H,22,24). The van der Waals surface area contributed by atoms with Gasteiger partial charge in [-0.15, -0.1) is 0 Å². The lowest BCUT2D eigenvalue weighted by Crippen LogP contribution is -2.21. The third kappa shape index (κ3) is 8.88. The van der Waals surface area contributed by atoms with Crippen molar-refractivity contribution in [3.05, 3.63) is 24.3 Å². The Balaban J connectivity index is 2.14. The van der Waals surface area contributed by atoms with Crippen molar-refractivity contribution in [1.29, 1.82) is 0 Å². The van der Waals surface area contributed by atoms with Crippen LogP contribution in [0.5, 0.6) is 0 Å². The number of ether oxygens (including phenoxy) is 1. The predicted molar refractivity (Wildman–Crippen MR) is 108 cm³/mol. The Morgan fingerprint density at radius 2 is 1.42 bits per heavy atom. The maximum Gasteiger partial charge on any atom is 0.305 e. The molecule has 26 heavy (non-hydrogen) atoms. The number of carbonyl (C=O) groups excluding carboxylic acids is 2. The van der Waals surface area contributed by atoms with Crippen LogP contribution in [-0.4, -0.2) is 32.1 Å². The fraction of sp³-hybridized carbons (Fsp3) is 0.619. The van der Waals surface area contributed by atoms with E-state index in [1.807, 2.05) is 12.1 Å². The number of hydrogen-bond donors (Lipinski definition) is 1. The van der Waals surface area contributed by atoms with Crippen LogP contribution in [-0.2, 0) is 14.3 Å². The quantitative estimate of drug-likeness (QED) is 0.406. The van der Waals surface area contributed by atoms with Crippen molar-refractivity contribution >= 4 is 23.3 Å². The minimum atomic E-state index is -0.133. The summed E-state index contributed by atoms with van der Waals surface area (Å²) in [6.45, 7) is 6.23. The molecule has 0 aromatic heterocycles. The molecule has 0 bridgehead atoms. The van der Waals surface area contributed by atoms with Gasteiger partial charge in [-0.25, -0.2) is 0 Å². The molecule has 0 radical (unpaired) electrons. The van der Waals surface area contributed by atoms with Gasteiger partial charge in [0.2, 0.25) is 5.91 Å². The number of methoxy groups -OCH3 is 1. The molecule has 0 unspecified atom stereocenters. The Bertz CT molecular complexity index is 525. The number of unbranched alkanes of at least 4 members (excludes halogenated alkanes) is 5. The summed E-state index contributed by atoms with van der Waals surface area (Å²) in [6, 6.07) is 8.04. The zero-order chi connectivity index (χ0) is 19.2. The van der Waals surface area contributed by atoms with Crippen molar-refractivity contribution < 1.29 is 14.3 Å². The van der Waals surface area contributed by atoms with Crippen molar-refractivity contribution in [2.75, 3.05) is 30.4 Å². The Labute approximate surface area is 158 Å². The van der Waals surface area contributed by atoms with Crippen molar-refractivity contribution in [3.63, 3.8) is 0 Å². The van der Waals surface area contributed by atoms with Crippen LogP contribution >= 0.6 is 0 Å². The van der Waals surface area contributed by atoms with E-state index in [1.165, 1.54) is 12.8 Å². The zero-order valence-electron chi connectivity index (χ0n) is 16.6. The second-order valence-corrected chi connectivity index (χ2v) is 6.46. The lowest BCUT2D eigenvalue weighted by molar-refractivity contribution is -0.140. The second kappa shape index (κ2) is 13.2. The van der Waals surface area contributed by atoms with Gasteiger partial charge in [0, 0.05) is 37.3 Å². The SMILES string of the molecule is CCN(CC)c1ccc(NC(=O)CCCCCCCCC(=O)OC)cc1. The van der Waals surface area contributed by atoms with Crippen LogP contribution in [0, 0.1) is 0 Å². The van der Waals surface area contributed by atoms with Gasteiger partial charge in [-0.05, 0) is 51.0 Å². The number of nitrogens with zero attached hydrogens (tertiary/aromatic N) is 1. The molecule has 1 N–H and O–H groups in total. The molecule has 0 saturated heterocycles. The van der Waals surface area contributed by atoms with Crippen molar-refractivity contribution in [2.24, 2.45) is 0 Å². The van der Waals surface area contributed by atoms with Crippen molar-refractivity contribution in [1.82, 2.24) is 0 Å². The summed E-state index contributed by atoms with van der Waals surface area (Å²) in [4.78, 5) is 25.3. The molecular weight excluding hydrogens is 328 g/mol. The van der Waals surface area contributed by atoms with Gasteiger partial charge in [-0.1, -0.05) is 25.7 Å². The second-order valence-electron chi connectivity index (χ2n) is 6.46. The number of hydrogen-bond acceptors (Lipinski definition) is 4. The summed E-state index contributed by atoms with van der Waals surface area (Å²) in [6.07, 6.45) is 7.15. The molecule has 1 rings (SSSR count). The van der Waals surface area contributed by atoms with Gasteiger partial charge in [0.15, 0.2) is 0 Å². The first-order valence-corrected chi connectivity index (χ1v) is 9.82. The van der Waals surface area contributed by atoms with E-state index in [0.717, 1.165) is 57.3 Å². The highest BCUT2D eigenvalue weighted by Gasteiger charge is 2.05. The maximum atomic E-state index is 12.0. The van der Waals surface area contributed by atoms with Gasteiger partial charge in [0.05, 0.1) is 7.11 Å². The molecule has 5 heteroatoms. The van der Waals surface area contributed by atoms with E-state index in [0.29, 0.717) is 12.8 Å². The summed E-state index contributed by atoms with van der Waals surface area (Å²) in [5.74, 6) is -0.0573. The van der Waals surface area contributed by atoms with Crippen LogP contribution < -0.4 is 10.2 Å². The van der Waals surface area contributed by atoms with E-state index in [-0.39, 0.29) is 11.9 Å². The summed E-state index contributed by atoms with van der Waals surface area (Å²) in [5, 5.41) is 2.97. The third-order valence-electron chi connectivity index (χ3n) is 4.54. The molecule has 5 nitrogen and oxygen atoms in total.